The van der Waals surface area contributed by atoms with Gasteiger partial charge >= 0.3 is 5.97 Å². The lowest BCUT2D eigenvalue weighted by Crippen LogP contribution is -2.17. The molecule has 2 fully saturated rings. The van der Waals surface area contributed by atoms with Gasteiger partial charge in [-0.3, -0.25) is 4.79 Å². The van der Waals surface area contributed by atoms with E-state index >= 15 is 0 Å². The summed E-state index contributed by atoms with van der Waals surface area (Å²) in [7, 11) is 0. The van der Waals surface area contributed by atoms with Crippen molar-refractivity contribution >= 4 is 17.7 Å². The number of cyclic esters (lactones) is 1. The van der Waals surface area contributed by atoms with E-state index in [2.05, 4.69) is 14.8 Å². The molecule has 0 N–H and O–H groups in total. The topological polar surface area (TPSA) is 57.0 Å². The van der Waals surface area contributed by atoms with Gasteiger partial charge in [-0.25, -0.2) is 0 Å². The van der Waals surface area contributed by atoms with Crippen molar-refractivity contribution in [2.75, 3.05) is 6.61 Å². The summed E-state index contributed by atoms with van der Waals surface area (Å²) >= 11 is 1.52. The third-order valence-electron chi connectivity index (χ3n) is 3.91. The molecule has 6 heteroatoms. The first kappa shape index (κ1) is 13.0. The van der Waals surface area contributed by atoms with E-state index in [-0.39, 0.29) is 11.2 Å². The van der Waals surface area contributed by atoms with Gasteiger partial charge in [-0.1, -0.05) is 31.0 Å². The fourth-order valence-corrected chi connectivity index (χ4v) is 4.02. The van der Waals surface area contributed by atoms with Gasteiger partial charge in [0.1, 0.15) is 11.1 Å². The zero-order chi connectivity index (χ0) is 13.2. The van der Waals surface area contributed by atoms with Gasteiger partial charge in [-0.15, -0.1) is 10.2 Å². The highest BCUT2D eigenvalue weighted by atomic mass is 32.2. The number of aryl methyl sites for hydroxylation is 1. The lowest BCUT2D eigenvalue weighted by Gasteiger charge is -2.25. The summed E-state index contributed by atoms with van der Waals surface area (Å²) in [4.78, 5) is 11.6. The molecule has 0 aromatic carbocycles. The molecule has 0 bridgehead atoms. The van der Waals surface area contributed by atoms with Crippen LogP contribution in [0.4, 0.5) is 0 Å². The van der Waals surface area contributed by atoms with Crippen LogP contribution in [0.1, 0.15) is 50.4 Å². The molecule has 0 radical (unpaired) electrons. The summed E-state index contributed by atoms with van der Waals surface area (Å²) in [5, 5.41) is 9.23. The van der Waals surface area contributed by atoms with Crippen molar-refractivity contribution in [3.63, 3.8) is 0 Å². The molecule has 2 heterocycles. The van der Waals surface area contributed by atoms with Crippen LogP contribution >= 0.6 is 11.8 Å². The van der Waals surface area contributed by atoms with E-state index in [0.717, 1.165) is 17.4 Å². The Morgan fingerprint density at radius 2 is 2.00 bits per heavy atom. The molecule has 0 spiro atoms. The SMILES string of the molecule is Cc1nnc(SC2CCOC2=O)n1C1CCCCC1. The molecule has 104 valence electrons. The molecule has 2 aliphatic rings. The van der Waals surface area contributed by atoms with Crippen LogP contribution in [0.3, 0.4) is 0 Å². The molecule has 1 unspecified atom stereocenters. The van der Waals surface area contributed by atoms with Gasteiger partial charge < -0.3 is 9.30 Å². The summed E-state index contributed by atoms with van der Waals surface area (Å²) < 4.78 is 7.24. The maximum Gasteiger partial charge on any atom is 0.319 e. The van der Waals surface area contributed by atoms with Crippen molar-refractivity contribution in [1.29, 1.82) is 0 Å². The van der Waals surface area contributed by atoms with Crippen LogP contribution in [-0.4, -0.2) is 32.6 Å². The molecule has 19 heavy (non-hydrogen) atoms. The number of hydrogen-bond donors (Lipinski definition) is 0. The number of thioether (sulfide) groups is 1. The van der Waals surface area contributed by atoms with Crippen molar-refractivity contribution in [2.24, 2.45) is 0 Å². The summed E-state index contributed by atoms with van der Waals surface area (Å²) in [6.45, 7) is 2.53. The Morgan fingerprint density at radius 1 is 1.21 bits per heavy atom. The first-order valence-electron chi connectivity index (χ1n) is 7.00. The minimum absolute atomic E-state index is 0.106. The van der Waals surface area contributed by atoms with E-state index in [9.17, 15) is 4.79 Å². The van der Waals surface area contributed by atoms with Gasteiger partial charge in [0.25, 0.3) is 0 Å². The number of carbonyl (C=O) groups is 1. The third kappa shape index (κ3) is 2.63. The molecule has 1 aromatic heterocycles. The van der Waals surface area contributed by atoms with Crippen molar-refractivity contribution in [3.05, 3.63) is 5.82 Å². The zero-order valence-electron chi connectivity index (χ0n) is 11.2. The lowest BCUT2D eigenvalue weighted by molar-refractivity contribution is -0.137. The Bertz CT molecular complexity index is 468. The largest absolute Gasteiger partial charge is 0.465 e. The summed E-state index contributed by atoms with van der Waals surface area (Å²) in [6, 6.07) is 0.503. The monoisotopic (exact) mass is 281 g/mol. The predicted molar refractivity (Wildman–Crippen MR) is 72.1 cm³/mol. The molecule has 1 atom stereocenters. The number of ether oxygens (including phenoxy) is 1. The Kier molecular flexibility index (Phi) is 3.77. The van der Waals surface area contributed by atoms with Crippen LogP contribution in [-0.2, 0) is 9.53 Å². The number of hydrogen-bond acceptors (Lipinski definition) is 5. The van der Waals surface area contributed by atoms with Crippen LogP contribution in [0, 0.1) is 6.92 Å². The van der Waals surface area contributed by atoms with Crippen molar-refractivity contribution in [1.82, 2.24) is 14.8 Å². The average Bonchev–Trinajstić information content (AvgIpc) is 2.98. The van der Waals surface area contributed by atoms with Gasteiger partial charge in [-0.2, -0.15) is 0 Å². The second-order valence-electron chi connectivity index (χ2n) is 5.25. The van der Waals surface area contributed by atoms with Gasteiger partial charge in [0.05, 0.1) is 6.61 Å². The van der Waals surface area contributed by atoms with Gasteiger partial charge in [0.2, 0.25) is 0 Å². The molecule has 1 aromatic rings. The summed E-state index contributed by atoms with van der Waals surface area (Å²) in [6.07, 6.45) is 7.05. The maximum absolute atomic E-state index is 11.6. The van der Waals surface area contributed by atoms with Crippen LogP contribution in [0.2, 0.25) is 0 Å². The normalized spacial score (nSPS) is 24.7. The summed E-state index contributed by atoms with van der Waals surface area (Å²) in [5.74, 6) is 0.849. The Labute approximate surface area is 117 Å². The van der Waals surface area contributed by atoms with E-state index in [4.69, 9.17) is 4.74 Å². The standard InChI is InChI=1S/C13H19N3O2S/c1-9-14-15-13(19-11-7-8-18-12(11)17)16(9)10-5-3-2-4-6-10/h10-11H,2-8H2,1H3. The quantitative estimate of drug-likeness (QED) is 0.797. The molecular weight excluding hydrogens is 262 g/mol. The molecule has 0 amide bonds. The molecule has 5 nitrogen and oxygen atoms in total. The van der Waals surface area contributed by atoms with Crippen LogP contribution in [0.15, 0.2) is 5.16 Å². The highest BCUT2D eigenvalue weighted by molar-refractivity contribution is 8.00. The van der Waals surface area contributed by atoms with Crippen LogP contribution in [0.5, 0.6) is 0 Å². The van der Waals surface area contributed by atoms with Gasteiger partial charge in [0.15, 0.2) is 5.16 Å². The summed E-state index contributed by atoms with van der Waals surface area (Å²) in [5.41, 5.74) is 0. The molecule has 1 saturated carbocycles. The molecule has 1 aliphatic heterocycles. The van der Waals surface area contributed by atoms with E-state index in [1.165, 1.54) is 43.9 Å². The minimum atomic E-state index is -0.110. The van der Waals surface area contributed by atoms with E-state index < -0.39 is 0 Å². The average molecular weight is 281 g/mol. The molecule has 1 aliphatic carbocycles. The number of nitrogens with zero attached hydrogens (tertiary/aromatic N) is 3. The van der Waals surface area contributed by atoms with E-state index in [1.807, 2.05) is 6.92 Å². The fraction of sp³-hybridized carbons (Fsp3) is 0.769. The first-order valence-corrected chi connectivity index (χ1v) is 7.88. The van der Waals surface area contributed by atoms with Crippen molar-refractivity contribution in [2.45, 2.75) is 61.9 Å². The highest BCUT2D eigenvalue weighted by Crippen LogP contribution is 2.35. The Morgan fingerprint density at radius 3 is 2.68 bits per heavy atom. The minimum Gasteiger partial charge on any atom is -0.465 e. The van der Waals surface area contributed by atoms with Crippen molar-refractivity contribution in [3.8, 4) is 0 Å². The Balaban J connectivity index is 1.79. The van der Waals surface area contributed by atoms with E-state index in [0.29, 0.717) is 12.6 Å². The van der Waals surface area contributed by atoms with Gasteiger partial charge in [0, 0.05) is 12.5 Å². The predicted octanol–water partition coefficient (Wildman–Crippen LogP) is 2.50. The second kappa shape index (κ2) is 5.53. The molecule has 3 rings (SSSR count). The Hall–Kier alpha value is -1.04. The van der Waals surface area contributed by atoms with Gasteiger partial charge in [-0.05, 0) is 19.8 Å². The molecular formula is C13H19N3O2S. The highest BCUT2D eigenvalue weighted by Gasteiger charge is 2.31. The second-order valence-corrected chi connectivity index (χ2v) is 6.42. The first-order chi connectivity index (χ1) is 9.25. The smallest absolute Gasteiger partial charge is 0.319 e. The third-order valence-corrected chi connectivity index (χ3v) is 5.11. The van der Waals surface area contributed by atoms with Crippen LogP contribution in [0.25, 0.3) is 0 Å². The van der Waals surface area contributed by atoms with Crippen LogP contribution < -0.4 is 0 Å². The molecule has 1 saturated heterocycles. The number of aromatic nitrogens is 3. The fourth-order valence-electron chi connectivity index (χ4n) is 2.90. The lowest BCUT2D eigenvalue weighted by atomic mass is 9.95. The van der Waals surface area contributed by atoms with Crippen molar-refractivity contribution < 1.29 is 9.53 Å². The maximum atomic E-state index is 11.6. The number of carbonyl (C=O) groups excluding carboxylic acids is 1. The zero-order valence-corrected chi connectivity index (χ0v) is 12.0. The van der Waals surface area contributed by atoms with E-state index in [1.54, 1.807) is 0 Å². The number of rotatable bonds is 3. The number of esters is 1.